The lowest BCUT2D eigenvalue weighted by atomic mass is 10.0. The molecule has 3 unspecified atom stereocenters. The number of nitrogens with one attached hydrogen (secondary N) is 1. The number of carbonyl (C=O) groups excluding carboxylic acids is 1. The molecule has 0 aromatic heterocycles. The van der Waals surface area contributed by atoms with Crippen LogP contribution >= 0.6 is 7.82 Å². The average Bonchev–Trinajstić information content (AvgIpc) is 3.33. The van der Waals surface area contributed by atoms with Gasteiger partial charge in [0.2, 0.25) is 5.91 Å². The maximum Gasteiger partial charge on any atom is 0.472 e. The summed E-state index contributed by atoms with van der Waals surface area (Å²) in [6, 6.07) is -0.869. The maximum absolute atomic E-state index is 12.9. The number of aliphatic hydroxyl groups excluding tert-OH is 1. The lowest BCUT2D eigenvalue weighted by molar-refractivity contribution is -0.870. The molecule has 0 bridgehead atoms. The zero-order valence-electron chi connectivity index (χ0n) is 47.2. The van der Waals surface area contributed by atoms with Crippen LogP contribution in [0.1, 0.15) is 264 Å². The van der Waals surface area contributed by atoms with Gasteiger partial charge in [-0.05, 0) is 77.0 Å². The highest BCUT2D eigenvalue weighted by Gasteiger charge is 2.27. The number of aliphatic hydroxyl groups is 1. The Labute approximate surface area is 440 Å². The minimum absolute atomic E-state index is 0.0525. The fourth-order valence-electron chi connectivity index (χ4n) is 8.50. The number of nitrogens with zero attached hydrogens (tertiary/aromatic N) is 1. The fraction of sp³-hybridized carbons (Fsp3) is 0.790. The molecule has 0 heterocycles. The molecule has 0 saturated carbocycles. The van der Waals surface area contributed by atoms with Crippen molar-refractivity contribution in [2.24, 2.45) is 0 Å². The third-order valence-corrected chi connectivity index (χ3v) is 14.1. The van der Waals surface area contributed by atoms with E-state index in [4.69, 9.17) is 9.05 Å². The largest absolute Gasteiger partial charge is 0.472 e. The molecule has 0 spiro atoms. The summed E-state index contributed by atoms with van der Waals surface area (Å²) in [6.07, 6.45) is 73.5. The van der Waals surface area contributed by atoms with Crippen LogP contribution in [0.3, 0.4) is 0 Å². The maximum atomic E-state index is 12.9. The summed E-state index contributed by atoms with van der Waals surface area (Å²) in [5.74, 6) is -0.192. The van der Waals surface area contributed by atoms with E-state index < -0.39 is 20.0 Å². The monoisotopic (exact) mass is 1020 g/mol. The predicted octanol–water partition coefficient (Wildman–Crippen LogP) is 18.3. The number of carbonyl (C=O) groups is 1. The summed E-state index contributed by atoms with van der Waals surface area (Å²) in [5.41, 5.74) is 0. The van der Waals surface area contributed by atoms with E-state index in [9.17, 15) is 19.4 Å². The summed E-state index contributed by atoms with van der Waals surface area (Å²) in [7, 11) is 1.54. The zero-order chi connectivity index (χ0) is 52.0. The van der Waals surface area contributed by atoms with Crippen LogP contribution in [0.15, 0.2) is 72.9 Å². The Morgan fingerprint density at radius 3 is 1.28 bits per heavy atom. The van der Waals surface area contributed by atoms with E-state index >= 15 is 0 Å². The van der Waals surface area contributed by atoms with Crippen LogP contribution in [0.4, 0.5) is 0 Å². The number of quaternary nitrogens is 1. The van der Waals surface area contributed by atoms with Gasteiger partial charge in [0.1, 0.15) is 13.2 Å². The molecule has 8 nitrogen and oxygen atoms in total. The van der Waals surface area contributed by atoms with Crippen LogP contribution in [0.5, 0.6) is 0 Å². The summed E-state index contributed by atoms with van der Waals surface area (Å²) < 4.78 is 23.6. The van der Waals surface area contributed by atoms with Crippen molar-refractivity contribution in [2.75, 3.05) is 40.9 Å². The number of amides is 1. The molecule has 0 saturated heterocycles. The minimum atomic E-state index is -4.35. The molecule has 71 heavy (non-hydrogen) atoms. The summed E-state index contributed by atoms with van der Waals surface area (Å²) >= 11 is 0. The fourth-order valence-corrected chi connectivity index (χ4v) is 9.24. The van der Waals surface area contributed by atoms with Gasteiger partial charge in [0.05, 0.1) is 39.9 Å². The van der Waals surface area contributed by atoms with Gasteiger partial charge in [0.25, 0.3) is 0 Å². The quantitative estimate of drug-likeness (QED) is 0.0243. The number of rotatable bonds is 54. The van der Waals surface area contributed by atoms with Crippen LogP contribution in [-0.2, 0) is 18.4 Å². The standard InChI is InChI=1S/C62H115N2O6P/c1-6-8-10-12-14-16-18-19-20-21-22-23-24-25-26-27-28-29-30-31-32-33-34-35-36-37-38-39-40-41-42-43-44-45-46-48-50-52-54-56-62(66)63-60(59-70-71(67,68)69-58-57-64(3,4)5)61(65)55-53-51-49-47-17-15-13-11-9-7-2/h9,11,17-19,21-22,24-25,47,53,55,60-61,65H,6-8,10,12-16,20,23,26-46,48-52,54,56-59H2,1-5H3,(H-,63,66,67,68)/p+1/b11-9+,19-18-,22-21-,25-24-,47-17+,55-53+. The first kappa shape index (κ1) is 68.9. The number of likely N-dealkylation sites (N-methyl/N-ethyl adjacent to an activating group) is 1. The van der Waals surface area contributed by atoms with E-state index in [0.717, 1.165) is 64.2 Å². The van der Waals surface area contributed by atoms with E-state index in [1.165, 1.54) is 180 Å². The van der Waals surface area contributed by atoms with E-state index in [1.807, 2.05) is 27.2 Å². The van der Waals surface area contributed by atoms with Gasteiger partial charge in [-0.3, -0.25) is 13.8 Å². The van der Waals surface area contributed by atoms with Gasteiger partial charge in [-0.15, -0.1) is 0 Å². The van der Waals surface area contributed by atoms with Gasteiger partial charge in [-0.2, -0.15) is 0 Å². The Hall–Kier alpha value is -2.06. The Kier molecular flexibility index (Phi) is 51.3. The predicted molar refractivity (Wildman–Crippen MR) is 309 cm³/mol. The molecule has 0 aliphatic heterocycles. The Balaban J connectivity index is 3.85. The van der Waals surface area contributed by atoms with Crippen molar-refractivity contribution in [3.8, 4) is 0 Å². The molecular weight excluding hydrogens is 900 g/mol. The second-order valence-electron chi connectivity index (χ2n) is 21.3. The number of hydrogen-bond acceptors (Lipinski definition) is 5. The van der Waals surface area contributed by atoms with Crippen LogP contribution in [0.25, 0.3) is 0 Å². The van der Waals surface area contributed by atoms with Crippen LogP contribution in [0, 0.1) is 0 Å². The lowest BCUT2D eigenvalue weighted by Crippen LogP contribution is -2.45. The van der Waals surface area contributed by atoms with Crippen molar-refractivity contribution in [1.29, 1.82) is 0 Å². The molecule has 414 valence electrons. The molecule has 0 aliphatic rings. The zero-order valence-corrected chi connectivity index (χ0v) is 48.1. The smallest absolute Gasteiger partial charge is 0.387 e. The van der Waals surface area contributed by atoms with Crippen LogP contribution in [0.2, 0.25) is 0 Å². The number of allylic oxidation sites excluding steroid dienone is 11. The van der Waals surface area contributed by atoms with Crippen LogP contribution < -0.4 is 5.32 Å². The second kappa shape index (κ2) is 52.8. The third-order valence-electron chi connectivity index (χ3n) is 13.1. The molecule has 0 aromatic carbocycles. The highest BCUT2D eigenvalue weighted by atomic mass is 31.2. The van der Waals surface area contributed by atoms with Crippen molar-refractivity contribution in [2.45, 2.75) is 276 Å². The van der Waals surface area contributed by atoms with Crippen molar-refractivity contribution in [3.05, 3.63) is 72.9 Å². The molecule has 0 fully saturated rings. The van der Waals surface area contributed by atoms with E-state index in [0.29, 0.717) is 17.4 Å². The normalized spacial score (nSPS) is 14.4. The van der Waals surface area contributed by atoms with Gasteiger partial charge in [-0.1, -0.05) is 254 Å². The van der Waals surface area contributed by atoms with E-state index in [1.54, 1.807) is 6.08 Å². The average molecular weight is 1020 g/mol. The summed E-state index contributed by atoms with van der Waals surface area (Å²) in [5, 5.41) is 13.8. The first-order chi connectivity index (χ1) is 34.5. The molecule has 0 aromatic rings. The van der Waals surface area contributed by atoms with Crippen molar-refractivity contribution in [3.63, 3.8) is 0 Å². The van der Waals surface area contributed by atoms with E-state index in [2.05, 4.69) is 79.9 Å². The molecule has 0 aliphatic carbocycles. The van der Waals surface area contributed by atoms with Crippen LogP contribution in [-0.4, -0.2) is 73.4 Å². The SMILES string of the molecule is CC/C=C/CC/C=C/CC/C=C/C(O)C(COP(=O)(O)OCC[N+](C)(C)C)NC(=O)CCCCCCCCCCCCCCCCCCCCCCCCCC/C=C\C/C=C\C/C=C\CCCCCCC. The van der Waals surface area contributed by atoms with Gasteiger partial charge in [0, 0.05) is 6.42 Å². The molecule has 3 N–H and O–H groups in total. The Bertz CT molecular complexity index is 1380. The molecule has 3 atom stereocenters. The first-order valence-electron chi connectivity index (χ1n) is 29.8. The van der Waals surface area contributed by atoms with E-state index in [-0.39, 0.29) is 19.1 Å². The Morgan fingerprint density at radius 1 is 0.493 bits per heavy atom. The molecule has 0 radical (unpaired) electrons. The van der Waals surface area contributed by atoms with Gasteiger partial charge < -0.3 is 19.8 Å². The van der Waals surface area contributed by atoms with Gasteiger partial charge >= 0.3 is 7.82 Å². The molecule has 9 heteroatoms. The van der Waals surface area contributed by atoms with Crippen molar-refractivity contribution < 1.29 is 32.9 Å². The summed E-state index contributed by atoms with van der Waals surface area (Å²) in [6.45, 7) is 4.65. The highest BCUT2D eigenvalue weighted by molar-refractivity contribution is 7.47. The number of unbranched alkanes of at least 4 members (excludes halogenated alkanes) is 31. The third kappa shape index (κ3) is 55.5. The van der Waals surface area contributed by atoms with Crippen molar-refractivity contribution >= 4 is 13.7 Å². The lowest BCUT2D eigenvalue weighted by Gasteiger charge is -2.25. The molecular formula is C62H116N2O6P+. The summed E-state index contributed by atoms with van der Waals surface area (Å²) in [4.78, 5) is 23.2. The molecule has 0 rings (SSSR count). The number of hydrogen-bond donors (Lipinski definition) is 3. The van der Waals surface area contributed by atoms with Gasteiger partial charge in [-0.25, -0.2) is 4.57 Å². The number of phosphoric ester groups is 1. The topological polar surface area (TPSA) is 105 Å². The first-order valence-corrected chi connectivity index (χ1v) is 31.3. The Morgan fingerprint density at radius 2 is 0.859 bits per heavy atom. The molecule has 1 amide bonds. The minimum Gasteiger partial charge on any atom is -0.387 e. The second-order valence-corrected chi connectivity index (χ2v) is 22.8. The number of phosphoric acid groups is 1. The van der Waals surface area contributed by atoms with Crippen molar-refractivity contribution in [1.82, 2.24) is 5.32 Å². The highest BCUT2D eigenvalue weighted by Crippen LogP contribution is 2.43. The van der Waals surface area contributed by atoms with Gasteiger partial charge in [0.15, 0.2) is 0 Å².